The molecule has 0 radical (unpaired) electrons. The Balaban J connectivity index is 1.72. The number of H-pyrrole nitrogens is 1. The highest BCUT2D eigenvalue weighted by Crippen LogP contribution is 2.19. The molecular formula is C19H20N6O. The molecule has 7 N–H and O–H groups in total. The number of aromatic nitrogens is 1. The van der Waals surface area contributed by atoms with E-state index in [1.54, 1.807) is 12.1 Å². The summed E-state index contributed by atoms with van der Waals surface area (Å²) >= 11 is 0. The number of hydrazone groups is 1. The molecule has 7 nitrogen and oxygen atoms in total. The van der Waals surface area contributed by atoms with Gasteiger partial charge in [0.05, 0.1) is 5.71 Å². The number of carbonyl (C=O) groups excluding carboxylic acids is 1. The monoisotopic (exact) mass is 348 g/mol. The second-order valence-electron chi connectivity index (χ2n) is 5.90. The smallest absolute Gasteiger partial charge is 0.272 e. The number of aromatic amines is 1. The van der Waals surface area contributed by atoms with E-state index in [9.17, 15) is 4.79 Å². The molecule has 7 heteroatoms. The first-order valence-electron chi connectivity index (χ1n) is 7.97. The normalized spacial score (nSPS) is 11.3. The molecule has 0 atom stereocenters. The maximum atomic E-state index is 12.4. The molecule has 0 saturated heterocycles. The average Bonchev–Trinajstić information content (AvgIpc) is 3.03. The summed E-state index contributed by atoms with van der Waals surface area (Å²) in [5.41, 5.74) is 18.1. The molecule has 0 aliphatic heterocycles. The van der Waals surface area contributed by atoms with Gasteiger partial charge in [0.15, 0.2) is 0 Å². The minimum Gasteiger partial charge on any atom is -0.399 e. The van der Waals surface area contributed by atoms with E-state index < -0.39 is 0 Å². The Hall–Kier alpha value is -3.74. The van der Waals surface area contributed by atoms with Crippen molar-refractivity contribution in [2.45, 2.75) is 6.92 Å². The van der Waals surface area contributed by atoms with Crippen LogP contribution in [0.5, 0.6) is 0 Å². The molecule has 3 aromatic rings. The van der Waals surface area contributed by atoms with E-state index >= 15 is 0 Å². The largest absolute Gasteiger partial charge is 0.399 e. The molecule has 0 bridgehead atoms. The highest BCUT2D eigenvalue weighted by atomic mass is 16.1. The van der Waals surface area contributed by atoms with E-state index in [-0.39, 0.29) is 11.7 Å². The molecule has 2 aromatic carbocycles. The summed E-state index contributed by atoms with van der Waals surface area (Å²) in [5.74, 6) is 0.0485. The Morgan fingerprint density at radius 3 is 2.58 bits per heavy atom. The third-order valence-corrected chi connectivity index (χ3v) is 3.82. The number of benzene rings is 2. The first kappa shape index (κ1) is 17.1. The fourth-order valence-electron chi connectivity index (χ4n) is 2.49. The van der Waals surface area contributed by atoms with Gasteiger partial charge >= 0.3 is 0 Å². The Bertz CT molecular complexity index is 1000. The van der Waals surface area contributed by atoms with Crippen molar-refractivity contribution in [2.24, 2.45) is 10.8 Å². The zero-order valence-corrected chi connectivity index (χ0v) is 14.3. The van der Waals surface area contributed by atoms with Crippen molar-refractivity contribution < 1.29 is 4.79 Å². The Morgan fingerprint density at radius 1 is 1.15 bits per heavy atom. The predicted octanol–water partition coefficient (Wildman–Crippen LogP) is 2.75. The van der Waals surface area contributed by atoms with Gasteiger partial charge in [0.1, 0.15) is 11.5 Å². The first-order chi connectivity index (χ1) is 12.4. The molecule has 0 fully saturated rings. The molecular weight excluding hydrogens is 328 g/mol. The second kappa shape index (κ2) is 7.02. The van der Waals surface area contributed by atoms with Crippen molar-refractivity contribution in [1.82, 2.24) is 10.4 Å². The quantitative estimate of drug-likeness (QED) is 0.276. The van der Waals surface area contributed by atoms with Crippen LogP contribution < -0.4 is 22.2 Å². The van der Waals surface area contributed by atoms with Gasteiger partial charge in [0.25, 0.3) is 5.91 Å². The van der Waals surface area contributed by atoms with Crippen LogP contribution >= 0.6 is 0 Å². The molecule has 132 valence electrons. The van der Waals surface area contributed by atoms with Crippen LogP contribution in [0.25, 0.3) is 10.9 Å². The van der Waals surface area contributed by atoms with E-state index in [0.29, 0.717) is 17.1 Å². The maximum Gasteiger partial charge on any atom is 0.272 e. The number of hydrogen-bond donors (Lipinski definition) is 5. The molecule has 0 saturated carbocycles. The topological polar surface area (TPSA) is 121 Å². The Labute approximate surface area is 150 Å². The predicted molar refractivity (Wildman–Crippen MR) is 106 cm³/mol. The minimum absolute atomic E-state index is 0.223. The number of nitrogens with zero attached hydrogens (tertiary/aromatic N) is 1. The lowest BCUT2D eigenvalue weighted by molar-refractivity contribution is 0.102. The van der Waals surface area contributed by atoms with Crippen LogP contribution in [0.15, 0.2) is 66.0 Å². The van der Waals surface area contributed by atoms with Crippen LogP contribution in [-0.2, 0) is 0 Å². The molecule has 1 heterocycles. The highest BCUT2D eigenvalue weighted by Gasteiger charge is 2.10. The van der Waals surface area contributed by atoms with Gasteiger partial charge in [-0.25, -0.2) is 0 Å². The van der Waals surface area contributed by atoms with Crippen LogP contribution in [0.1, 0.15) is 23.0 Å². The lowest BCUT2D eigenvalue weighted by atomic mass is 10.1. The number of nitrogen functional groups attached to an aromatic ring is 1. The number of hydrogen-bond acceptors (Lipinski definition) is 5. The van der Waals surface area contributed by atoms with E-state index in [1.165, 1.54) is 0 Å². The van der Waals surface area contributed by atoms with Crippen molar-refractivity contribution in [1.29, 1.82) is 0 Å². The average molecular weight is 348 g/mol. The zero-order chi connectivity index (χ0) is 18.7. The maximum absolute atomic E-state index is 12.4. The molecule has 1 amide bonds. The van der Waals surface area contributed by atoms with E-state index in [0.717, 1.165) is 22.2 Å². The van der Waals surface area contributed by atoms with Crippen LogP contribution in [0, 0.1) is 0 Å². The van der Waals surface area contributed by atoms with Gasteiger partial charge in [-0.2, -0.15) is 5.10 Å². The van der Waals surface area contributed by atoms with Crippen LogP contribution in [0.2, 0.25) is 0 Å². The number of rotatable bonds is 5. The summed E-state index contributed by atoms with van der Waals surface area (Å²) in [6.45, 7) is 5.37. The molecule has 0 spiro atoms. The van der Waals surface area contributed by atoms with Crippen LogP contribution in [0.4, 0.5) is 11.4 Å². The molecule has 0 unspecified atom stereocenters. The molecule has 26 heavy (non-hydrogen) atoms. The number of carbonyl (C=O) groups is 1. The first-order valence-corrected chi connectivity index (χ1v) is 7.97. The van der Waals surface area contributed by atoms with Crippen LogP contribution in [0.3, 0.4) is 0 Å². The van der Waals surface area contributed by atoms with Gasteiger partial charge in [0.2, 0.25) is 0 Å². The van der Waals surface area contributed by atoms with Gasteiger partial charge in [-0.05, 0) is 48.9 Å². The van der Waals surface area contributed by atoms with Crippen LogP contribution in [-0.4, -0.2) is 16.6 Å². The van der Waals surface area contributed by atoms with Gasteiger partial charge in [-0.3, -0.25) is 10.2 Å². The fourth-order valence-corrected chi connectivity index (χ4v) is 2.49. The summed E-state index contributed by atoms with van der Waals surface area (Å²) in [5, 5.41) is 7.86. The summed E-state index contributed by atoms with van der Waals surface area (Å²) < 4.78 is 0. The third kappa shape index (κ3) is 3.84. The fraction of sp³-hybridized carbons (Fsp3) is 0.0526. The van der Waals surface area contributed by atoms with E-state index in [1.807, 2.05) is 43.3 Å². The molecule has 1 aromatic heterocycles. The summed E-state index contributed by atoms with van der Waals surface area (Å²) in [4.78, 5) is 15.5. The van der Waals surface area contributed by atoms with Gasteiger partial charge in [-0.1, -0.05) is 18.7 Å². The highest BCUT2D eigenvalue weighted by molar-refractivity contribution is 6.06. The summed E-state index contributed by atoms with van der Waals surface area (Å²) in [6.07, 6.45) is 0. The summed E-state index contributed by atoms with van der Waals surface area (Å²) in [6, 6.07) is 14.6. The van der Waals surface area contributed by atoms with Crippen molar-refractivity contribution in [3.05, 3.63) is 72.2 Å². The molecule has 0 aliphatic carbocycles. The number of fused-ring (bicyclic) bond motifs is 1. The lowest BCUT2D eigenvalue weighted by Gasteiger charge is -2.06. The van der Waals surface area contributed by atoms with Crippen molar-refractivity contribution >= 4 is 33.9 Å². The van der Waals surface area contributed by atoms with Gasteiger partial charge in [-0.15, -0.1) is 0 Å². The number of amides is 1. The Kier molecular flexibility index (Phi) is 4.62. The minimum atomic E-state index is -0.223. The number of nitrogens with one attached hydrogen (secondary N) is 3. The lowest BCUT2D eigenvalue weighted by Crippen LogP contribution is -2.15. The standard InChI is InChI=1S/C19H20N6O/c1-11(24-25-12(2)20)13-3-6-16(7-4-13)22-19(26)18-10-14-9-15(21)5-8-17(14)23-18/h3-10,23,25H,2,20-21H2,1H3,(H,22,26)/b24-11+. The molecule has 0 aliphatic rings. The number of anilines is 2. The van der Waals surface area contributed by atoms with E-state index in [2.05, 4.69) is 27.4 Å². The van der Waals surface area contributed by atoms with Crippen molar-refractivity contribution in [3.63, 3.8) is 0 Å². The third-order valence-electron chi connectivity index (χ3n) is 3.82. The van der Waals surface area contributed by atoms with Crippen molar-refractivity contribution in [3.8, 4) is 0 Å². The Morgan fingerprint density at radius 2 is 1.88 bits per heavy atom. The summed E-state index contributed by atoms with van der Waals surface area (Å²) in [7, 11) is 0. The SMILES string of the molecule is C=C(N)N/N=C(\C)c1ccc(NC(=O)c2cc3cc(N)ccc3[nH]2)cc1. The van der Waals surface area contributed by atoms with Crippen molar-refractivity contribution in [2.75, 3.05) is 11.1 Å². The second-order valence-corrected chi connectivity index (χ2v) is 5.90. The number of nitrogens with two attached hydrogens (primary N) is 2. The zero-order valence-electron chi connectivity index (χ0n) is 14.3. The van der Waals surface area contributed by atoms with Gasteiger partial charge < -0.3 is 21.8 Å². The van der Waals surface area contributed by atoms with Gasteiger partial charge in [0, 0.05) is 22.3 Å². The van der Waals surface area contributed by atoms with E-state index in [4.69, 9.17) is 11.5 Å². The molecule has 3 rings (SSSR count).